The summed E-state index contributed by atoms with van der Waals surface area (Å²) >= 11 is 0. The summed E-state index contributed by atoms with van der Waals surface area (Å²) in [6, 6.07) is 37.1. The molecule has 0 heterocycles. The van der Waals surface area contributed by atoms with Gasteiger partial charge in [-0.2, -0.15) is 0 Å². The molecule has 2 heteroatoms. The minimum Gasteiger partial charge on any atom is -0.310 e. The highest BCUT2D eigenvalue weighted by Crippen LogP contribution is 2.47. The number of nitrogens with zero attached hydrogens (tertiary/aromatic N) is 2. The molecule has 1 aliphatic carbocycles. The van der Waals surface area contributed by atoms with Crippen LogP contribution in [0.4, 0.5) is 34.1 Å². The fraction of sp³-hybridized carbons (Fsp3) is 0.388. The van der Waals surface area contributed by atoms with Gasteiger partial charge in [-0.15, -0.1) is 0 Å². The van der Waals surface area contributed by atoms with Crippen LogP contribution in [0.3, 0.4) is 0 Å². The van der Waals surface area contributed by atoms with Crippen LogP contribution < -0.4 is 9.80 Å². The van der Waals surface area contributed by atoms with Crippen LogP contribution in [-0.4, -0.2) is 0 Å². The van der Waals surface area contributed by atoms with Crippen LogP contribution in [0, 0.1) is 47.5 Å². The van der Waals surface area contributed by atoms with E-state index in [1.165, 1.54) is 124 Å². The van der Waals surface area contributed by atoms with Gasteiger partial charge in [0, 0.05) is 22.7 Å². The molecule has 51 heavy (non-hydrogen) atoms. The number of hydrogen-bond acceptors (Lipinski definition) is 2. The lowest BCUT2D eigenvalue weighted by atomic mass is 9.69. The Balaban J connectivity index is 1.42. The molecular weight excluding hydrogens is 617 g/mol. The second-order valence-corrected chi connectivity index (χ2v) is 15.6. The van der Waals surface area contributed by atoms with Crippen molar-refractivity contribution in [2.24, 2.45) is 5.92 Å². The van der Waals surface area contributed by atoms with Gasteiger partial charge < -0.3 is 9.80 Å². The number of rotatable bonds is 13. The quantitative estimate of drug-likeness (QED) is 0.122. The topological polar surface area (TPSA) is 6.48 Å². The van der Waals surface area contributed by atoms with Gasteiger partial charge in [0.15, 0.2) is 0 Å². The Morgan fingerprint density at radius 2 is 0.922 bits per heavy atom. The van der Waals surface area contributed by atoms with E-state index >= 15 is 0 Å². The standard InChI is InChI=1S/C49H60N2/c1-10-13-39-31-43(32-39)42-29-37(8)49(38(9)30-42)51(45-21-17-34(5)18-22-45)47-25-23-46(24-26-47)50(44-19-15-33(4)16-20-44)48-35(6)27-41(28-36(48)7)40(12-3)14-11-2/h15-30,39-40,43H,10-14,31-32H2,1-9H3. The lowest BCUT2D eigenvalue weighted by Crippen LogP contribution is -2.22. The summed E-state index contributed by atoms with van der Waals surface area (Å²) in [6.07, 6.45) is 8.96. The van der Waals surface area contributed by atoms with Crippen molar-refractivity contribution < 1.29 is 0 Å². The van der Waals surface area contributed by atoms with Gasteiger partial charge in [0.1, 0.15) is 0 Å². The zero-order valence-electron chi connectivity index (χ0n) is 32.8. The minimum atomic E-state index is 0.606. The second kappa shape index (κ2) is 15.9. The monoisotopic (exact) mass is 676 g/mol. The molecule has 0 spiro atoms. The summed E-state index contributed by atoms with van der Waals surface area (Å²) in [7, 11) is 0. The van der Waals surface area contributed by atoms with Crippen LogP contribution in [0.1, 0.15) is 122 Å². The Bertz CT molecular complexity index is 1860. The smallest absolute Gasteiger partial charge is 0.0520 e. The van der Waals surface area contributed by atoms with E-state index < -0.39 is 0 Å². The maximum absolute atomic E-state index is 2.47. The van der Waals surface area contributed by atoms with Gasteiger partial charge in [-0.1, -0.05) is 99.7 Å². The normalized spacial score (nSPS) is 16.1. The SMILES string of the molecule is CCCC1CC(c2cc(C)c(N(c3ccc(C)cc3)c3ccc(N(c4ccc(C)cc4)c4c(C)cc(C(CC)CCC)cc4C)cc3)c(C)c2)C1. The Labute approximate surface area is 309 Å². The molecule has 0 radical (unpaired) electrons. The number of benzene rings is 5. The van der Waals surface area contributed by atoms with Crippen molar-refractivity contribution in [1.82, 2.24) is 0 Å². The van der Waals surface area contributed by atoms with Gasteiger partial charge in [-0.3, -0.25) is 0 Å². The van der Waals surface area contributed by atoms with Crippen molar-refractivity contribution in [2.45, 2.75) is 119 Å². The van der Waals surface area contributed by atoms with E-state index in [4.69, 9.17) is 0 Å². The third-order valence-corrected chi connectivity index (χ3v) is 11.4. The predicted octanol–water partition coefficient (Wildman–Crippen LogP) is 15.1. The summed E-state index contributed by atoms with van der Waals surface area (Å²) < 4.78 is 0. The van der Waals surface area contributed by atoms with Crippen LogP contribution in [0.25, 0.3) is 0 Å². The molecule has 1 fully saturated rings. The van der Waals surface area contributed by atoms with Gasteiger partial charge in [-0.05, 0) is 167 Å². The van der Waals surface area contributed by atoms with Crippen molar-refractivity contribution in [1.29, 1.82) is 0 Å². The fourth-order valence-electron chi connectivity index (χ4n) is 8.72. The highest BCUT2D eigenvalue weighted by atomic mass is 15.2. The summed E-state index contributed by atoms with van der Waals surface area (Å²) in [4.78, 5) is 4.93. The van der Waals surface area contributed by atoms with Gasteiger partial charge in [0.2, 0.25) is 0 Å². The zero-order chi connectivity index (χ0) is 36.2. The first-order valence-electron chi connectivity index (χ1n) is 19.7. The van der Waals surface area contributed by atoms with Crippen molar-refractivity contribution >= 4 is 34.1 Å². The first-order chi connectivity index (χ1) is 24.6. The highest BCUT2D eigenvalue weighted by molar-refractivity contribution is 5.85. The average Bonchev–Trinajstić information content (AvgIpc) is 3.09. The predicted molar refractivity (Wildman–Crippen MR) is 223 cm³/mol. The molecule has 0 N–H and O–H groups in total. The van der Waals surface area contributed by atoms with E-state index in [9.17, 15) is 0 Å². The van der Waals surface area contributed by atoms with E-state index in [0.29, 0.717) is 11.8 Å². The molecule has 0 amide bonds. The van der Waals surface area contributed by atoms with E-state index in [1.807, 2.05) is 0 Å². The molecule has 0 aromatic heterocycles. The molecule has 1 aliphatic rings. The van der Waals surface area contributed by atoms with Crippen LogP contribution in [0.15, 0.2) is 97.1 Å². The van der Waals surface area contributed by atoms with Crippen molar-refractivity contribution in [3.05, 3.63) is 142 Å². The molecular formula is C49H60N2. The van der Waals surface area contributed by atoms with Crippen LogP contribution >= 0.6 is 0 Å². The second-order valence-electron chi connectivity index (χ2n) is 15.6. The minimum absolute atomic E-state index is 0.606. The molecule has 1 saturated carbocycles. The molecule has 2 nitrogen and oxygen atoms in total. The maximum Gasteiger partial charge on any atom is 0.0520 e. The number of anilines is 6. The van der Waals surface area contributed by atoms with Crippen molar-refractivity contribution in [3.63, 3.8) is 0 Å². The number of aryl methyl sites for hydroxylation is 6. The van der Waals surface area contributed by atoms with E-state index in [0.717, 1.165) is 5.92 Å². The maximum atomic E-state index is 2.47. The molecule has 1 atom stereocenters. The first-order valence-corrected chi connectivity index (χ1v) is 19.7. The summed E-state index contributed by atoms with van der Waals surface area (Å²) in [5.41, 5.74) is 18.1. The Morgan fingerprint density at radius 1 is 0.529 bits per heavy atom. The summed E-state index contributed by atoms with van der Waals surface area (Å²) in [5, 5.41) is 0. The average molecular weight is 677 g/mol. The lowest BCUT2D eigenvalue weighted by molar-refractivity contribution is 0.246. The Hall–Kier alpha value is -4.30. The van der Waals surface area contributed by atoms with E-state index in [1.54, 1.807) is 0 Å². The zero-order valence-corrected chi connectivity index (χ0v) is 32.8. The highest BCUT2D eigenvalue weighted by Gasteiger charge is 2.30. The first kappa shape index (κ1) is 36.5. The Kier molecular flexibility index (Phi) is 11.4. The van der Waals surface area contributed by atoms with Gasteiger partial charge in [0.25, 0.3) is 0 Å². The molecule has 0 aliphatic heterocycles. The van der Waals surface area contributed by atoms with E-state index in [2.05, 4.69) is 169 Å². The lowest BCUT2D eigenvalue weighted by Gasteiger charge is -2.37. The summed E-state index contributed by atoms with van der Waals surface area (Å²) in [5.74, 6) is 2.21. The molecule has 1 unspecified atom stereocenters. The molecule has 0 saturated heterocycles. The molecule has 5 aromatic rings. The molecule has 5 aromatic carbocycles. The van der Waals surface area contributed by atoms with E-state index in [-0.39, 0.29) is 0 Å². The number of hydrogen-bond donors (Lipinski definition) is 0. The Morgan fingerprint density at radius 3 is 1.29 bits per heavy atom. The molecule has 6 rings (SSSR count). The van der Waals surface area contributed by atoms with Gasteiger partial charge >= 0.3 is 0 Å². The van der Waals surface area contributed by atoms with Crippen LogP contribution in [0.5, 0.6) is 0 Å². The third-order valence-electron chi connectivity index (χ3n) is 11.4. The van der Waals surface area contributed by atoms with Crippen molar-refractivity contribution in [2.75, 3.05) is 9.80 Å². The third kappa shape index (κ3) is 7.81. The van der Waals surface area contributed by atoms with Gasteiger partial charge in [-0.25, -0.2) is 0 Å². The van der Waals surface area contributed by atoms with Crippen LogP contribution in [0.2, 0.25) is 0 Å². The largest absolute Gasteiger partial charge is 0.310 e. The molecule has 0 bridgehead atoms. The summed E-state index contributed by atoms with van der Waals surface area (Å²) in [6.45, 7) is 20.5. The van der Waals surface area contributed by atoms with Gasteiger partial charge in [0.05, 0.1) is 11.4 Å². The van der Waals surface area contributed by atoms with Crippen molar-refractivity contribution in [3.8, 4) is 0 Å². The fourth-order valence-corrected chi connectivity index (χ4v) is 8.72. The van der Waals surface area contributed by atoms with Crippen LogP contribution in [-0.2, 0) is 0 Å². The molecule has 266 valence electrons.